The van der Waals surface area contributed by atoms with Gasteiger partial charge in [-0.2, -0.15) is 13.2 Å². The molecule has 0 bridgehead atoms. The zero-order chi connectivity index (χ0) is 14.9. The van der Waals surface area contributed by atoms with Crippen molar-refractivity contribution in [1.82, 2.24) is 10.2 Å². The molecule has 0 radical (unpaired) electrons. The van der Waals surface area contributed by atoms with Crippen LogP contribution in [0, 0.1) is 5.92 Å². The SMILES string of the molecule is O=C(O)C1CSC(C2CC2)N1C(=O)CNCC(F)(F)F. The molecule has 5 nitrogen and oxygen atoms in total. The highest BCUT2D eigenvalue weighted by molar-refractivity contribution is 8.00. The van der Waals surface area contributed by atoms with Crippen LogP contribution in [0.1, 0.15) is 12.8 Å². The second kappa shape index (κ2) is 5.80. The maximum absolute atomic E-state index is 12.0. The number of halogens is 3. The van der Waals surface area contributed by atoms with E-state index in [4.69, 9.17) is 5.11 Å². The fourth-order valence-electron chi connectivity index (χ4n) is 2.18. The van der Waals surface area contributed by atoms with Crippen LogP contribution >= 0.6 is 11.8 Å². The Kier molecular flexibility index (Phi) is 4.48. The van der Waals surface area contributed by atoms with Crippen molar-refractivity contribution >= 4 is 23.6 Å². The Labute approximate surface area is 117 Å². The van der Waals surface area contributed by atoms with Crippen molar-refractivity contribution < 1.29 is 27.9 Å². The largest absolute Gasteiger partial charge is 0.480 e. The van der Waals surface area contributed by atoms with E-state index in [-0.39, 0.29) is 11.3 Å². The first-order valence-electron chi connectivity index (χ1n) is 6.22. The zero-order valence-corrected chi connectivity index (χ0v) is 11.3. The van der Waals surface area contributed by atoms with Gasteiger partial charge in [0.05, 0.1) is 18.5 Å². The fraction of sp³-hybridized carbons (Fsp3) is 0.818. The summed E-state index contributed by atoms with van der Waals surface area (Å²) in [5.74, 6) is -1.12. The van der Waals surface area contributed by atoms with Gasteiger partial charge in [0.25, 0.3) is 0 Å². The van der Waals surface area contributed by atoms with E-state index in [2.05, 4.69) is 0 Å². The van der Waals surface area contributed by atoms with Crippen molar-refractivity contribution in [2.75, 3.05) is 18.8 Å². The number of thioether (sulfide) groups is 1. The first-order chi connectivity index (χ1) is 9.29. The maximum Gasteiger partial charge on any atom is 0.401 e. The van der Waals surface area contributed by atoms with Crippen LogP contribution in [-0.4, -0.2) is 58.3 Å². The third-order valence-corrected chi connectivity index (χ3v) is 4.70. The molecule has 20 heavy (non-hydrogen) atoms. The van der Waals surface area contributed by atoms with Crippen LogP contribution in [0.2, 0.25) is 0 Å². The molecule has 1 aliphatic heterocycles. The average molecular weight is 312 g/mol. The highest BCUT2D eigenvalue weighted by Crippen LogP contribution is 2.45. The summed E-state index contributed by atoms with van der Waals surface area (Å²) in [6, 6.07) is -0.939. The molecule has 114 valence electrons. The first-order valence-corrected chi connectivity index (χ1v) is 7.27. The van der Waals surface area contributed by atoms with Crippen LogP contribution in [0.15, 0.2) is 0 Å². The number of rotatable bonds is 5. The summed E-state index contributed by atoms with van der Waals surface area (Å²) in [5, 5.41) is 10.9. The van der Waals surface area contributed by atoms with Crippen LogP contribution in [0.25, 0.3) is 0 Å². The van der Waals surface area contributed by atoms with Crippen molar-refractivity contribution in [3.05, 3.63) is 0 Å². The molecule has 0 aromatic rings. The van der Waals surface area contributed by atoms with Gasteiger partial charge in [-0.1, -0.05) is 0 Å². The molecular formula is C11H15F3N2O3S. The Morgan fingerprint density at radius 2 is 2.00 bits per heavy atom. The topological polar surface area (TPSA) is 69.6 Å². The van der Waals surface area contributed by atoms with E-state index in [1.807, 2.05) is 5.32 Å². The van der Waals surface area contributed by atoms with E-state index in [0.29, 0.717) is 5.75 Å². The highest BCUT2D eigenvalue weighted by atomic mass is 32.2. The Morgan fingerprint density at radius 1 is 1.35 bits per heavy atom. The fourth-order valence-corrected chi connectivity index (χ4v) is 3.83. The summed E-state index contributed by atoms with van der Waals surface area (Å²) in [7, 11) is 0. The highest BCUT2D eigenvalue weighted by Gasteiger charge is 2.47. The van der Waals surface area contributed by atoms with Gasteiger partial charge in [0.2, 0.25) is 5.91 Å². The number of nitrogens with one attached hydrogen (secondary N) is 1. The Balaban J connectivity index is 1.94. The number of carbonyl (C=O) groups excluding carboxylic acids is 1. The number of hydrogen-bond acceptors (Lipinski definition) is 4. The Bertz CT molecular complexity index is 401. The lowest BCUT2D eigenvalue weighted by Gasteiger charge is -2.27. The molecule has 1 amide bonds. The minimum Gasteiger partial charge on any atom is -0.480 e. The lowest BCUT2D eigenvalue weighted by Crippen LogP contribution is -2.50. The Morgan fingerprint density at radius 3 is 2.50 bits per heavy atom. The monoisotopic (exact) mass is 312 g/mol. The van der Waals surface area contributed by atoms with Crippen molar-refractivity contribution in [3.63, 3.8) is 0 Å². The van der Waals surface area contributed by atoms with E-state index in [9.17, 15) is 22.8 Å². The molecule has 1 aliphatic carbocycles. The van der Waals surface area contributed by atoms with Gasteiger partial charge in [-0.15, -0.1) is 11.8 Å². The minimum absolute atomic E-state index is 0.212. The molecule has 9 heteroatoms. The number of carbonyl (C=O) groups is 2. The van der Waals surface area contributed by atoms with E-state index in [0.717, 1.165) is 12.8 Å². The summed E-state index contributed by atoms with van der Waals surface area (Å²) >= 11 is 1.40. The molecule has 0 aromatic heterocycles. The molecule has 2 unspecified atom stereocenters. The van der Waals surface area contributed by atoms with Crippen molar-refractivity contribution in [2.45, 2.75) is 30.4 Å². The summed E-state index contributed by atoms with van der Waals surface area (Å²) in [6.07, 6.45) is -2.52. The Hall–Kier alpha value is -0.960. The second-order valence-corrected chi connectivity index (χ2v) is 6.08. The minimum atomic E-state index is -4.39. The second-order valence-electron chi connectivity index (χ2n) is 4.94. The first kappa shape index (κ1) is 15.4. The molecular weight excluding hydrogens is 297 g/mol. The number of alkyl halides is 3. The van der Waals surface area contributed by atoms with Gasteiger partial charge in [0, 0.05) is 5.75 Å². The molecule has 1 heterocycles. The lowest BCUT2D eigenvalue weighted by atomic mass is 10.2. The van der Waals surface area contributed by atoms with Gasteiger partial charge in [0.15, 0.2) is 0 Å². The number of amides is 1. The predicted molar refractivity (Wildman–Crippen MR) is 66.2 cm³/mol. The molecule has 1 saturated carbocycles. The van der Waals surface area contributed by atoms with E-state index < -0.39 is 37.2 Å². The van der Waals surface area contributed by atoms with Gasteiger partial charge in [0.1, 0.15) is 6.04 Å². The average Bonchev–Trinajstić information content (AvgIpc) is 3.05. The molecule has 1 saturated heterocycles. The predicted octanol–water partition coefficient (Wildman–Crippen LogP) is 0.903. The molecule has 2 atom stereocenters. The standard InChI is InChI=1S/C11H15F3N2O3S/c12-11(13,14)5-15-3-8(17)16-7(10(18)19)4-20-9(16)6-1-2-6/h6-7,9,15H,1-5H2,(H,18,19). The molecule has 2 aliphatic rings. The van der Waals surface area contributed by atoms with E-state index in [1.54, 1.807) is 0 Å². The summed E-state index contributed by atoms with van der Waals surface area (Å²) in [6.45, 7) is -1.75. The third kappa shape index (κ3) is 3.78. The van der Waals surface area contributed by atoms with Crippen molar-refractivity contribution in [2.24, 2.45) is 5.92 Å². The number of nitrogens with zero attached hydrogens (tertiary/aromatic N) is 1. The molecule has 0 aromatic carbocycles. The van der Waals surface area contributed by atoms with Gasteiger partial charge in [-0.05, 0) is 18.8 Å². The lowest BCUT2D eigenvalue weighted by molar-refractivity contribution is -0.149. The number of hydrogen-bond donors (Lipinski definition) is 2. The quantitative estimate of drug-likeness (QED) is 0.789. The normalized spacial score (nSPS) is 26.9. The van der Waals surface area contributed by atoms with Crippen LogP contribution in [0.5, 0.6) is 0 Å². The van der Waals surface area contributed by atoms with Crippen molar-refractivity contribution in [1.29, 1.82) is 0 Å². The summed E-state index contributed by atoms with van der Waals surface area (Å²) < 4.78 is 36.1. The van der Waals surface area contributed by atoms with Gasteiger partial charge >= 0.3 is 12.1 Å². The van der Waals surface area contributed by atoms with E-state index >= 15 is 0 Å². The summed E-state index contributed by atoms with van der Waals surface area (Å²) in [4.78, 5) is 24.4. The maximum atomic E-state index is 12.0. The third-order valence-electron chi connectivity index (χ3n) is 3.23. The molecule has 2 fully saturated rings. The summed E-state index contributed by atoms with van der Waals surface area (Å²) in [5.41, 5.74) is 0. The van der Waals surface area contributed by atoms with Crippen LogP contribution in [-0.2, 0) is 9.59 Å². The number of aliphatic carboxylic acids is 1. The van der Waals surface area contributed by atoms with Crippen LogP contribution < -0.4 is 5.32 Å². The molecule has 2 rings (SSSR count). The van der Waals surface area contributed by atoms with Gasteiger partial charge < -0.3 is 15.3 Å². The van der Waals surface area contributed by atoms with E-state index in [1.165, 1.54) is 16.7 Å². The molecule has 0 spiro atoms. The number of carboxylic acid groups (broad SMARTS) is 1. The van der Waals surface area contributed by atoms with Crippen LogP contribution in [0.4, 0.5) is 13.2 Å². The van der Waals surface area contributed by atoms with Gasteiger partial charge in [-0.25, -0.2) is 4.79 Å². The van der Waals surface area contributed by atoms with Gasteiger partial charge in [-0.3, -0.25) is 4.79 Å². The zero-order valence-electron chi connectivity index (χ0n) is 10.5. The molecule has 2 N–H and O–H groups in total. The smallest absolute Gasteiger partial charge is 0.401 e. The van der Waals surface area contributed by atoms with Crippen molar-refractivity contribution in [3.8, 4) is 0 Å². The van der Waals surface area contributed by atoms with Crippen LogP contribution in [0.3, 0.4) is 0 Å². The number of carboxylic acids is 1.